The number of hydrogen-bond donors (Lipinski definition) is 1. The van der Waals surface area contributed by atoms with Crippen molar-refractivity contribution in [2.24, 2.45) is 0 Å². The molecule has 96 valence electrons. The Hall–Kier alpha value is -0.840. The summed E-state index contributed by atoms with van der Waals surface area (Å²) in [6, 6.07) is 5.78. The fourth-order valence-corrected chi connectivity index (χ4v) is 3.47. The van der Waals surface area contributed by atoms with Gasteiger partial charge in [0.1, 0.15) is 0 Å². The summed E-state index contributed by atoms with van der Waals surface area (Å²) in [5.74, 6) is 0. The molecule has 2 heterocycles. The molecular weight excluding hydrogens is 268 g/mol. The molecule has 1 aromatic carbocycles. The Morgan fingerprint density at radius 3 is 3.11 bits per heavy atom. The van der Waals surface area contributed by atoms with Crippen molar-refractivity contribution in [1.82, 2.24) is 4.98 Å². The van der Waals surface area contributed by atoms with Gasteiger partial charge in [0.2, 0.25) is 0 Å². The molecular formula is C13H15ClN2OS. The standard InChI is InChI=1S/C13H15ClN2OS/c1-8-13(2,5-6-17-8)16-12-15-10-4-3-9(14)7-11(10)18-12/h3-4,7-8H,5-6H2,1-2H3,(H,15,16). The summed E-state index contributed by atoms with van der Waals surface area (Å²) in [5.41, 5.74) is 0.958. The summed E-state index contributed by atoms with van der Waals surface area (Å²) in [7, 11) is 0. The minimum absolute atomic E-state index is 0.0301. The summed E-state index contributed by atoms with van der Waals surface area (Å²) in [6.07, 6.45) is 1.21. The van der Waals surface area contributed by atoms with Gasteiger partial charge in [-0.3, -0.25) is 0 Å². The Morgan fingerprint density at radius 1 is 1.56 bits per heavy atom. The maximum atomic E-state index is 5.99. The van der Waals surface area contributed by atoms with Gasteiger partial charge in [0.05, 0.1) is 21.9 Å². The van der Waals surface area contributed by atoms with Crippen LogP contribution in [0.3, 0.4) is 0 Å². The van der Waals surface area contributed by atoms with Crippen LogP contribution in [-0.2, 0) is 4.74 Å². The number of thiazole rings is 1. The van der Waals surface area contributed by atoms with Crippen LogP contribution in [0, 0.1) is 0 Å². The van der Waals surface area contributed by atoms with Crippen LogP contribution in [0.5, 0.6) is 0 Å². The molecule has 2 unspecified atom stereocenters. The molecule has 2 atom stereocenters. The molecule has 0 aliphatic carbocycles. The predicted octanol–water partition coefficient (Wildman–Crippen LogP) is 3.93. The first-order chi connectivity index (χ1) is 8.57. The van der Waals surface area contributed by atoms with Crippen LogP contribution < -0.4 is 5.32 Å². The van der Waals surface area contributed by atoms with Crippen LogP contribution in [0.4, 0.5) is 5.13 Å². The molecule has 0 bridgehead atoms. The molecule has 3 rings (SSSR count). The fraction of sp³-hybridized carbons (Fsp3) is 0.462. The summed E-state index contributed by atoms with van der Waals surface area (Å²) in [6.45, 7) is 5.09. The molecule has 1 saturated heterocycles. The number of rotatable bonds is 2. The van der Waals surface area contributed by atoms with Crippen molar-refractivity contribution >= 4 is 38.3 Å². The topological polar surface area (TPSA) is 34.1 Å². The number of nitrogens with zero attached hydrogens (tertiary/aromatic N) is 1. The number of nitrogens with one attached hydrogen (secondary N) is 1. The zero-order valence-corrected chi connectivity index (χ0v) is 11.9. The minimum atomic E-state index is -0.0301. The van der Waals surface area contributed by atoms with Gasteiger partial charge in [-0.25, -0.2) is 4.98 Å². The Labute approximate surface area is 115 Å². The Kier molecular flexibility index (Phi) is 2.96. The van der Waals surface area contributed by atoms with Gasteiger partial charge >= 0.3 is 0 Å². The average molecular weight is 283 g/mol. The second-order valence-corrected chi connectivity index (χ2v) is 6.40. The van der Waals surface area contributed by atoms with Crippen LogP contribution in [0.15, 0.2) is 18.2 Å². The first kappa shape index (κ1) is 12.2. The quantitative estimate of drug-likeness (QED) is 0.906. The molecule has 0 spiro atoms. The summed E-state index contributed by atoms with van der Waals surface area (Å²) in [5, 5.41) is 5.20. The normalized spacial score (nSPS) is 27.8. The van der Waals surface area contributed by atoms with Crippen LogP contribution in [0.25, 0.3) is 10.2 Å². The third-order valence-corrected chi connectivity index (χ3v) is 4.80. The number of halogens is 1. The van der Waals surface area contributed by atoms with Crippen molar-refractivity contribution in [3.63, 3.8) is 0 Å². The second kappa shape index (κ2) is 4.37. The number of ether oxygens (including phenoxy) is 1. The lowest BCUT2D eigenvalue weighted by Crippen LogP contribution is -2.41. The molecule has 0 amide bonds. The van der Waals surface area contributed by atoms with E-state index in [4.69, 9.17) is 16.3 Å². The molecule has 1 aromatic heterocycles. The van der Waals surface area contributed by atoms with Crippen LogP contribution in [-0.4, -0.2) is 23.2 Å². The average Bonchev–Trinajstić information content (AvgIpc) is 2.83. The fourth-order valence-electron chi connectivity index (χ4n) is 2.20. The van der Waals surface area contributed by atoms with E-state index in [9.17, 15) is 0 Å². The summed E-state index contributed by atoms with van der Waals surface area (Å²) in [4.78, 5) is 4.59. The molecule has 5 heteroatoms. The first-order valence-corrected chi connectivity index (χ1v) is 7.22. The molecule has 1 N–H and O–H groups in total. The molecule has 0 saturated carbocycles. The molecule has 18 heavy (non-hydrogen) atoms. The monoisotopic (exact) mass is 282 g/mol. The third kappa shape index (κ3) is 2.09. The molecule has 1 fully saturated rings. The maximum absolute atomic E-state index is 5.99. The van der Waals surface area contributed by atoms with E-state index < -0.39 is 0 Å². The molecule has 0 radical (unpaired) electrons. The van der Waals surface area contributed by atoms with Gasteiger partial charge in [-0.1, -0.05) is 22.9 Å². The van der Waals surface area contributed by atoms with E-state index in [1.165, 1.54) is 0 Å². The molecule has 3 nitrogen and oxygen atoms in total. The number of fused-ring (bicyclic) bond motifs is 1. The lowest BCUT2D eigenvalue weighted by molar-refractivity contribution is 0.105. The second-order valence-electron chi connectivity index (χ2n) is 4.94. The van der Waals surface area contributed by atoms with Gasteiger partial charge < -0.3 is 10.1 Å². The van der Waals surface area contributed by atoms with Crippen molar-refractivity contribution in [3.05, 3.63) is 23.2 Å². The molecule has 1 aliphatic heterocycles. The number of aromatic nitrogens is 1. The van der Waals surface area contributed by atoms with Crippen molar-refractivity contribution < 1.29 is 4.74 Å². The van der Waals surface area contributed by atoms with Gasteiger partial charge in [-0.05, 0) is 38.5 Å². The van der Waals surface area contributed by atoms with Crippen molar-refractivity contribution in [2.75, 3.05) is 11.9 Å². The Balaban J connectivity index is 1.91. The van der Waals surface area contributed by atoms with Crippen LogP contribution >= 0.6 is 22.9 Å². The predicted molar refractivity (Wildman–Crippen MR) is 76.7 cm³/mol. The number of benzene rings is 1. The largest absolute Gasteiger partial charge is 0.376 e. The van der Waals surface area contributed by atoms with E-state index in [2.05, 4.69) is 24.1 Å². The summed E-state index contributed by atoms with van der Waals surface area (Å²) < 4.78 is 6.74. The zero-order chi connectivity index (χ0) is 12.8. The Bertz CT molecular complexity index is 585. The molecule has 1 aliphatic rings. The SMILES string of the molecule is CC1OCCC1(C)Nc1nc2ccc(Cl)cc2s1. The number of hydrogen-bond acceptors (Lipinski definition) is 4. The van der Waals surface area contributed by atoms with E-state index in [1.54, 1.807) is 11.3 Å². The molecule has 2 aromatic rings. The lowest BCUT2D eigenvalue weighted by atomic mass is 9.95. The van der Waals surface area contributed by atoms with Crippen LogP contribution in [0.2, 0.25) is 5.02 Å². The lowest BCUT2D eigenvalue weighted by Gasteiger charge is -2.28. The van der Waals surface area contributed by atoms with Gasteiger partial charge in [0.15, 0.2) is 5.13 Å². The summed E-state index contributed by atoms with van der Waals surface area (Å²) >= 11 is 7.62. The van der Waals surface area contributed by atoms with Gasteiger partial charge in [0, 0.05) is 11.6 Å². The van der Waals surface area contributed by atoms with E-state index in [-0.39, 0.29) is 11.6 Å². The highest BCUT2D eigenvalue weighted by molar-refractivity contribution is 7.22. The first-order valence-electron chi connectivity index (χ1n) is 6.03. The van der Waals surface area contributed by atoms with E-state index >= 15 is 0 Å². The van der Waals surface area contributed by atoms with E-state index in [1.807, 2.05) is 18.2 Å². The number of anilines is 1. The van der Waals surface area contributed by atoms with Gasteiger partial charge in [0.25, 0.3) is 0 Å². The highest BCUT2D eigenvalue weighted by Gasteiger charge is 2.37. The van der Waals surface area contributed by atoms with Gasteiger partial charge in [-0.2, -0.15) is 0 Å². The highest BCUT2D eigenvalue weighted by Crippen LogP contribution is 2.34. The third-order valence-electron chi connectivity index (χ3n) is 3.63. The van der Waals surface area contributed by atoms with Crippen molar-refractivity contribution in [3.8, 4) is 0 Å². The van der Waals surface area contributed by atoms with Gasteiger partial charge in [-0.15, -0.1) is 0 Å². The minimum Gasteiger partial charge on any atom is -0.376 e. The maximum Gasteiger partial charge on any atom is 0.184 e. The van der Waals surface area contributed by atoms with Crippen molar-refractivity contribution in [2.45, 2.75) is 31.9 Å². The zero-order valence-electron chi connectivity index (χ0n) is 10.4. The van der Waals surface area contributed by atoms with E-state index in [0.29, 0.717) is 0 Å². The van der Waals surface area contributed by atoms with E-state index in [0.717, 1.165) is 33.4 Å². The smallest absolute Gasteiger partial charge is 0.184 e. The highest BCUT2D eigenvalue weighted by atomic mass is 35.5. The van der Waals surface area contributed by atoms with Crippen molar-refractivity contribution in [1.29, 1.82) is 0 Å². The van der Waals surface area contributed by atoms with Crippen LogP contribution in [0.1, 0.15) is 20.3 Å². The Morgan fingerprint density at radius 2 is 2.39 bits per heavy atom.